The Bertz CT molecular complexity index is 542. The Hall–Kier alpha value is -2.18. The molecule has 0 aromatic heterocycles. The molecule has 0 spiro atoms. The maximum Gasteiger partial charge on any atom is 0.306 e. The molecule has 1 aliphatic rings. The van der Waals surface area contributed by atoms with Gasteiger partial charge in [0, 0.05) is 6.54 Å². The molecule has 0 radical (unpaired) electrons. The maximum atomic E-state index is 13.0. The molecule has 0 amide bonds. The van der Waals surface area contributed by atoms with Gasteiger partial charge in [-0.1, -0.05) is 0 Å². The Kier molecular flexibility index (Phi) is 4.72. The lowest BCUT2D eigenvalue weighted by molar-refractivity contribution is -0.384. The summed E-state index contributed by atoms with van der Waals surface area (Å²) in [5, 5.41) is 22.8. The van der Waals surface area contributed by atoms with Crippen LogP contribution in [0.25, 0.3) is 0 Å². The number of rotatable bonds is 5. The van der Waals surface area contributed by atoms with Gasteiger partial charge in [-0.05, 0) is 43.7 Å². The standard InChI is InChI=1S/C14H17FN2O4/c15-11-5-6-12(13(7-11)17(20)21)16-8-9-1-3-10(4-2-9)14(18)19/h5-7,9-10,16H,1-4,8H2,(H,18,19). The van der Waals surface area contributed by atoms with E-state index in [4.69, 9.17) is 5.11 Å². The largest absolute Gasteiger partial charge is 0.481 e. The van der Waals surface area contributed by atoms with Gasteiger partial charge in [0.25, 0.3) is 5.69 Å². The van der Waals surface area contributed by atoms with E-state index < -0.39 is 16.7 Å². The molecule has 6 nitrogen and oxygen atoms in total. The molecule has 0 heterocycles. The summed E-state index contributed by atoms with van der Waals surface area (Å²) in [6, 6.07) is 3.43. The van der Waals surface area contributed by atoms with Crippen LogP contribution in [0.3, 0.4) is 0 Å². The summed E-state index contributed by atoms with van der Waals surface area (Å²) < 4.78 is 13.0. The van der Waals surface area contributed by atoms with Gasteiger partial charge in [0.1, 0.15) is 11.5 Å². The Morgan fingerprint density at radius 3 is 2.62 bits per heavy atom. The third kappa shape index (κ3) is 3.90. The van der Waals surface area contributed by atoms with E-state index in [-0.39, 0.29) is 17.5 Å². The second kappa shape index (κ2) is 6.51. The van der Waals surface area contributed by atoms with E-state index in [9.17, 15) is 19.3 Å². The van der Waals surface area contributed by atoms with Crippen molar-refractivity contribution in [1.82, 2.24) is 0 Å². The third-order valence-corrected chi connectivity index (χ3v) is 3.93. The monoisotopic (exact) mass is 296 g/mol. The fourth-order valence-electron chi connectivity index (χ4n) is 2.67. The molecule has 114 valence electrons. The van der Waals surface area contributed by atoms with Gasteiger partial charge >= 0.3 is 5.97 Å². The lowest BCUT2D eigenvalue weighted by Gasteiger charge is -2.26. The normalized spacial score (nSPS) is 21.8. The molecule has 2 N–H and O–H groups in total. The van der Waals surface area contributed by atoms with Crippen LogP contribution in [0.5, 0.6) is 0 Å². The predicted octanol–water partition coefficient (Wildman–Crippen LogP) is 3.04. The number of aliphatic carboxylic acids is 1. The average Bonchev–Trinajstić information content (AvgIpc) is 2.46. The number of halogens is 1. The zero-order valence-corrected chi connectivity index (χ0v) is 11.4. The van der Waals surface area contributed by atoms with Gasteiger partial charge in [-0.2, -0.15) is 0 Å². The summed E-state index contributed by atoms with van der Waals surface area (Å²) in [5.41, 5.74) is 0.0102. The molecule has 21 heavy (non-hydrogen) atoms. The van der Waals surface area contributed by atoms with Crippen molar-refractivity contribution in [3.05, 3.63) is 34.1 Å². The first-order valence-corrected chi connectivity index (χ1v) is 6.88. The van der Waals surface area contributed by atoms with Gasteiger partial charge in [-0.25, -0.2) is 4.39 Å². The van der Waals surface area contributed by atoms with Gasteiger partial charge in [0.2, 0.25) is 0 Å². The highest BCUT2D eigenvalue weighted by Crippen LogP contribution is 2.30. The van der Waals surface area contributed by atoms with Gasteiger partial charge in [0.15, 0.2) is 0 Å². The van der Waals surface area contributed by atoms with Crippen molar-refractivity contribution in [2.45, 2.75) is 25.7 Å². The number of carboxylic acids is 1. The molecule has 2 rings (SSSR count). The first kappa shape index (κ1) is 15.2. The van der Waals surface area contributed by atoms with E-state index in [0.717, 1.165) is 18.9 Å². The number of hydrogen-bond acceptors (Lipinski definition) is 4. The summed E-state index contributed by atoms with van der Waals surface area (Å²) in [4.78, 5) is 21.1. The molecule has 1 fully saturated rings. The number of nitro benzene ring substituents is 1. The van der Waals surface area contributed by atoms with Crippen molar-refractivity contribution in [2.75, 3.05) is 11.9 Å². The summed E-state index contributed by atoms with van der Waals surface area (Å²) in [6.45, 7) is 0.527. The van der Waals surface area contributed by atoms with Crippen molar-refractivity contribution in [3.63, 3.8) is 0 Å². The fourth-order valence-corrected chi connectivity index (χ4v) is 2.67. The second-order valence-electron chi connectivity index (χ2n) is 5.36. The molecular formula is C14H17FN2O4. The highest BCUT2D eigenvalue weighted by Gasteiger charge is 2.26. The molecule has 1 saturated carbocycles. The molecule has 0 aliphatic heterocycles. The van der Waals surface area contributed by atoms with Crippen molar-refractivity contribution >= 4 is 17.3 Å². The van der Waals surface area contributed by atoms with Crippen LogP contribution in [0.1, 0.15) is 25.7 Å². The fraction of sp³-hybridized carbons (Fsp3) is 0.500. The molecule has 0 atom stereocenters. The highest BCUT2D eigenvalue weighted by molar-refractivity contribution is 5.70. The molecule has 0 bridgehead atoms. The van der Waals surface area contributed by atoms with Crippen molar-refractivity contribution in [3.8, 4) is 0 Å². The topological polar surface area (TPSA) is 92.5 Å². The van der Waals surface area contributed by atoms with Crippen LogP contribution in [0.15, 0.2) is 18.2 Å². The van der Waals surface area contributed by atoms with Gasteiger partial charge < -0.3 is 10.4 Å². The molecule has 1 aromatic rings. The van der Waals surface area contributed by atoms with E-state index >= 15 is 0 Å². The number of anilines is 1. The molecule has 1 aromatic carbocycles. The number of benzene rings is 1. The van der Waals surface area contributed by atoms with Gasteiger partial charge in [0.05, 0.1) is 16.9 Å². The number of nitrogens with one attached hydrogen (secondary N) is 1. The number of nitro groups is 1. The van der Waals surface area contributed by atoms with Crippen molar-refractivity contribution in [1.29, 1.82) is 0 Å². The van der Waals surface area contributed by atoms with Crippen LogP contribution in [0.2, 0.25) is 0 Å². The van der Waals surface area contributed by atoms with Crippen LogP contribution in [0.4, 0.5) is 15.8 Å². The highest BCUT2D eigenvalue weighted by atomic mass is 19.1. The average molecular weight is 296 g/mol. The van der Waals surface area contributed by atoms with Crippen LogP contribution < -0.4 is 5.32 Å². The Morgan fingerprint density at radius 2 is 2.05 bits per heavy atom. The van der Waals surface area contributed by atoms with E-state index in [1.807, 2.05) is 0 Å². The molecular weight excluding hydrogens is 279 g/mol. The predicted molar refractivity (Wildman–Crippen MR) is 74.6 cm³/mol. The zero-order valence-electron chi connectivity index (χ0n) is 11.4. The van der Waals surface area contributed by atoms with Crippen LogP contribution >= 0.6 is 0 Å². The van der Waals surface area contributed by atoms with E-state index in [1.165, 1.54) is 12.1 Å². The third-order valence-electron chi connectivity index (χ3n) is 3.93. The first-order chi connectivity index (χ1) is 9.97. The van der Waals surface area contributed by atoms with Gasteiger partial charge in [-0.3, -0.25) is 14.9 Å². The van der Waals surface area contributed by atoms with Crippen molar-refractivity contribution < 1.29 is 19.2 Å². The first-order valence-electron chi connectivity index (χ1n) is 6.88. The van der Waals surface area contributed by atoms with Crippen LogP contribution in [0, 0.1) is 27.8 Å². The van der Waals surface area contributed by atoms with E-state index in [1.54, 1.807) is 0 Å². The molecule has 0 saturated heterocycles. The lowest BCUT2D eigenvalue weighted by atomic mass is 9.82. The van der Waals surface area contributed by atoms with Gasteiger partial charge in [-0.15, -0.1) is 0 Å². The molecule has 1 aliphatic carbocycles. The van der Waals surface area contributed by atoms with Crippen molar-refractivity contribution in [2.24, 2.45) is 11.8 Å². The zero-order chi connectivity index (χ0) is 15.4. The lowest BCUT2D eigenvalue weighted by Crippen LogP contribution is -2.25. The Morgan fingerprint density at radius 1 is 1.38 bits per heavy atom. The number of nitrogens with zero attached hydrogens (tertiary/aromatic N) is 1. The summed E-state index contributed by atoms with van der Waals surface area (Å²) in [7, 11) is 0. The Labute approximate surface area is 121 Å². The molecule has 7 heteroatoms. The minimum absolute atomic E-state index is 0.276. The number of hydrogen-bond donors (Lipinski definition) is 2. The summed E-state index contributed by atoms with van der Waals surface area (Å²) in [6.07, 6.45) is 2.82. The van der Waals surface area contributed by atoms with E-state index in [0.29, 0.717) is 25.1 Å². The maximum absolute atomic E-state index is 13.0. The summed E-state index contributed by atoms with van der Waals surface area (Å²) >= 11 is 0. The minimum Gasteiger partial charge on any atom is -0.481 e. The smallest absolute Gasteiger partial charge is 0.306 e. The minimum atomic E-state index is -0.754. The van der Waals surface area contributed by atoms with E-state index in [2.05, 4.69) is 5.32 Å². The van der Waals surface area contributed by atoms with Crippen LogP contribution in [-0.2, 0) is 4.79 Å². The number of carbonyl (C=O) groups is 1. The quantitative estimate of drug-likeness (QED) is 0.643. The SMILES string of the molecule is O=C(O)C1CCC(CNc2ccc(F)cc2[N+](=O)[O-])CC1. The Balaban J connectivity index is 1.92. The molecule has 0 unspecified atom stereocenters. The summed E-state index contributed by atoms with van der Waals surface area (Å²) in [5.74, 6) is -1.39. The van der Waals surface area contributed by atoms with Crippen LogP contribution in [-0.4, -0.2) is 22.5 Å². The second-order valence-corrected chi connectivity index (χ2v) is 5.36. The number of carboxylic acid groups (broad SMARTS) is 1.